The Kier molecular flexibility index (Phi) is 3.86. The molecule has 4 nitrogen and oxygen atoms in total. The van der Waals surface area contributed by atoms with Crippen LogP contribution in [0.15, 0.2) is 66.9 Å². The molecule has 1 amide bonds. The predicted molar refractivity (Wildman–Crippen MR) is 95.6 cm³/mol. The quantitative estimate of drug-likeness (QED) is 0.625. The van der Waals surface area contributed by atoms with E-state index in [0.717, 1.165) is 16.8 Å². The van der Waals surface area contributed by atoms with Gasteiger partial charge in [0.2, 0.25) is 0 Å². The number of nitrogens with one attached hydrogen (secondary N) is 1. The molecule has 0 bridgehead atoms. The third-order valence-electron chi connectivity index (χ3n) is 4.38. The van der Waals surface area contributed by atoms with Crippen molar-refractivity contribution < 1.29 is 9.59 Å². The highest BCUT2D eigenvalue weighted by molar-refractivity contribution is 6.22. The number of benzene rings is 2. The highest BCUT2D eigenvalue weighted by Gasteiger charge is 2.26. The van der Waals surface area contributed by atoms with Gasteiger partial charge < -0.3 is 5.32 Å². The van der Waals surface area contributed by atoms with E-state index in [4.69, 9.17) is 0 Å². The topological polar surface area (TPSA) is 59.1 Å². The zero-order valence-corrected chi connectivity index (χ0v) is 13.5. The fraction of sp³-hybridized carbons (Fsp3) is 0.0952. The van der Waals surface area contributed by atoms with Crippen molar-refractivity contribution in [2.75, 3.05) is 6.54 Å². The third kappa shape index (κ3) is 2.83. The number of fused-ring (bicyclic) bond motifs is 3. The normalized spacial score (nSPS) is 11.8. The van der Waals surface area contributed by atoms with Crippen molar-refractivity contribution in [3.8, 4) is 11.1 Å². The van der Waals surface area contributed by atoms with Crippen molar-refractivity contribution in [2.45, 2.75) is 6.42 Å². The molecule has 0 radical (unpaired) electrons. The Labute approximate surface area is 145 Å². The monoisotopic (exact) mass is 328 g/mol. The maximum Gasteiger partial charge on any atom is 0.251 e. The second-order valence-corrected chi connectivity index (χ2v) is 5.96. The summed E-state index contributed by atoms with van der Waals surface area (Å²) in [6.45, 7) is 0.501. The van der Waals surface area contributed by atoms with Gasteiger partial charge in [0.15, 0.2) is 5.78 Å². The number of carbonyl (C=O) groups is 2. The van der Waals surface area contributed by atoms with Crippen LogP contribution in [0.5, 0.6) is 0 Å². The lowest BCUT2D eigenvalue weighted by molar-refractivity contribution is 0.0954. The molecule has 0 unspecified atom stereocenters. The molecule has 25 heavy (non-hydrogen) atoms. The van der Waals surface area contributed by atoms with E-state index in [-0.39, 0.29) is 11.7 Å². The summed E-state index contributed by atoms with van der Waals surface area (Å²) >= 11 is 0. The van der Waals surface area contributed by atoms with Gasteiger partial charge in [-0.05, 0) is 35.4 Å². The molecule has 0 spiro atoms. The first kappa shape index (κ1) is 15.3. The molecule has 0 saturated carbocycles. The summed E-state index contributed by atoms with van der Waals surface area (Å²) < 4.78 is 0. The van der Waals surface area contributed by atoms with Gasteiger partial charge in [0.25, 0.3) is 5.91 Å². The molecule has 1 aliphatic rings. The number of aromatic nitrogens is 1. The summed E-state index contributed by atoms with van der Waals surface area (Å²) in [5.74, 6) is -0.198. The number of ketones is 1. The van der Waals surface area contributed by atoms with Crippen LogP contribution in [-0.4, -0.2) is 23.2 Å². The molecule has 0 atom stereocenters. The largest absolute Gasteiger partial charge is 0.352 e. The van der Waals surface area contributed by atoms with E-state index in [0.29, 0.717) is 29.7 Å². The SMILES string of the molecule is O=C(NCCc1ccccn1)c1ccc2c(c1)C(=O)c1ccccc1-2. The minimum Gasteiger partial charge on any atom is -0.352 e. The predicted octanol–water partition coefficient (Wildman–Crippen LogP) is 3.27. The van der Waals surface area contributed by atoms with Crippen LogP contribution in [-0.2, 0) is 6.42 Å². The summed E-state index contributed by atoms with van der Waals surface area (Å²) in [5, 5.41) is 2.88. The molecule has 0 saturated heterocycles. The van der Waals surface area contributed by atoms with E-state index in [2.05, 4.69) is 10.3 Å². The highest BCUT2D eigenvalue weighted by atomic mass is 16.1. The molecule has 1 aromatic heterocycles. The summed E-state index contributed by atoms with van der Waals surface area (Å²) in [4.78, 5) is 29.1. The van der Waals surface area contributed by atoms with Crippen LogP contribution in [0.2, 0.25) is 0 Å². The number of pyridine rings is 1. The van der Waals surface area contributed by atoms with Crippen molar-refractivity contribution in [1.82, 2.24) is 10.3 Å². The van der Waals surface area contributed by atoms with Crippen molar-refractivity contribution in [2.24, 2.45) is 0 Å². The second kappa shape index (κ2) is 6.32. The first-order valence-corrected chi connectivity index (χ1v) is 8.20. The molecular weight excluding hydrogens is 312 g/mol. The maximum absolute atomic E-state index is 12.5. The van der Waals surface area contributed by atoms with Crippen LogP contribution >= 0.6 is 0 Å². The Balaban J connectivity index is 1.49. The summed E-state index contributed by atoms with van der Waals surface area (Å²) in [6, 6.07) is 18.6. The van der Waals surface area contributed by atoms with E-state index in [1.807, 2.05) is 48.5 Å². The smallest absolute Gasteiger partial charge is 0.251 e. The fourth-order valence-corrected chi connectivity index (χ4v) is 3.12. The Morgan fingerprint density at radius 1 is 0.880 bits per heavy atom. The van der Waals surface area contributed by atoms with E-state index in [1.54, 1.807) is 18.3 Å². The molecular formula is C21H16N2O2. The number of rotatable bonds is 4. The van der Waals surface area contributed by atoms with E-state index in [1.165, 1.54) is 0 Å². The van der Waals surface area contributed by atoms with Crippen LogP contribution < -0.4 is 5.32 Å². The van der Waals surface area contributed by atoms with E-state index >= 15 is 0 Å². The average Bonchev–Trinajstić information content (AvgIpc) is 2.95. The van der Waals surface area contributed by atoms with Crippen LogP contribution in [0.4, 0.5) is 0 Å². The van der Waals surface area contributed by atoms with Crippen LogP contribution in [0.3, 0.4) is 0 Å². The lowest BCUT2D eigenvalue weighted by atomic mass is 10.0. The van der Waals surface area contributed by atoms with Crippen LogP contribution in [0.25, 0.3) is 11.1 Å². The molecule has 3 aromatic rings. The van der Waals surface area contributed by atoms with Gasteiger partial charge >= 0.3 is 0 Å². The van der Waals surface area contributed by atoms with Gasteiger partial charge in [-0.2, -0.15) is 0 Å². The lowest BCUT2D eigenvalue weighted by Crippen LogP contribution is -2.26. The standard InChI is InChI=1S/C21H16N2O2/c24-20-18-7-2-1-6-16(18)17-9-8-14(13-19(17)20)21(25)23-12-10-15-5-3-4-11-22-15/h1-9,11,13H,10,12H2,(H,23,25). The number of hydrogen-bond donors (Lipinski definition) is 1. The third-order valence-corrected chi connectivity index (χ3v) is 4.38. The van der Waals surface area contributed by atoms with Gasteiger partial charge in [0, 0.05) is 41.5 Å². The summed E-state index contributed by atoms with van der Waals surface area (Å²) in [6.07, 6.45) is 2.41. The average molecular weight is 328 g/mol. The minimum absolute atomic E-state index is 0.0197. The summed E-state index contributed by atoms with van der Waals surface area (Å²) in [5.41, 5.74) is 4.56. The molecule has 4 heteroatoms. The van der Waals surface area contributed by atoms with E-state index in [9.17, 15) is 9.59 Å². The van der Waals surface area contributed by atoms with Gasteiger partial charge in [-0.1, -0.05) is 36.4 Å². The zero-order chi connectivity index (χ0) is 17.2. The molecule has 0 fully saturated rings. The number of hydrogen-bond acceptors (Lipinski definition) is 3. The maximum atomic E-state index is 12.5. The number of amides is 1. The van der Waals surface area contributed by atoms with Crippen molar-refractivity contribution in [3.05, 3.63) is 89.2 Å². The van der Waals surface area contributed by atoms with Crippen molar-refractivity contribution >= 4 is 11.7 Å². The molecule has 0 aliphatic heterocycles. The lowest BCUT2D eigenvalue weighted by Gasteiger charge is -2.07. The molecule has 1 heterocycles. The van der Waals surface area contributed by atoms with Crippen molar-refractivity contribution in [1.29, 1.82) is 0 Å². The van der Waals surface area contributed by atoms with Gasteiger partial charge in [0.1, 0.15) is 0 Å². The fourth-order valence-electron chi connectivity index (χ4n) is 3.12. The molecule has 4 rings (SSSR count). The van der Waals surface area contributed by atoms with E-state index < -0.39 is 0 Å². The van der Waals surface area contributed by atoms with Crippen LogP contribution in [0, 0.1) is 0 Å². The number of nitrogens with zero attached hydrogens (tertiary/aromatic N) is 1. The summed E-state index contributed by atoms with van der Waals surface area (Å²) in [7, 11) is 0. The van der Waals surface area contributed by atoms with Gasteiger partial charge in [0.05, 0.1) is 0 Å². The zero-order valence-electron chi connectivity index (χ0n) is 13.5. The Hall–Kier alpha value is -3.27. The first-order chi connectivity index (χ1) is 12.2. The second-order valence-electron chi connectivity index (χ2n) is 5.96. The molecule has 122 valence electrons. The minimum atomic E-state index is -0.178. The van der Waals surface area contributed by atoms with Gasteiger partial charge in [-0.3, -0.25) is 14.6 Å². The highest BCUT2D eigenvalue weighted by Crippen LogP contribution is 2.36. The first-order valence-electron chi connectivity index (χ1n) is 8.20. The van der Waals surface area contributed by atoms with Crippen molar-refractivity contribution in [3.63, 3.8) is 0 Å². The molecule has 2 aromatic carbocycles. The number of carbonyl (C=O) groups excluding carboxylic acids is 2. The van der Waals surface area contributed by atoms with Gasteiger partial charge in [-0.15, -0.1) is 0 Å². The molecule has 1 aliphatic carbocycles. The van der Waals surface area contributed by atoms with Gasteiger partial charge in [-0.25, -0.2) is 0 Å². The molecule has 1 N–H and O–H groups in total. The Morgan fingerprint density at radius 2 is 1.64 bits per heavy atom. The Morgan fingerprint density at radius 3 is 2.44 bits per heavy atom. The Bertz CT molecular complexity index is 965. The van der Waals surface area contributed by atoms with Crippen LogP contribution in [0.1, 0.15) is 32.0 Å².